The summed E-state index contributed by atoms with van der Waals surface area (Å²) in [6, 6.07) is 6.68. The van der Waals surface area contributed by atoms with Crippen LogP contribution in [0.3, 0.4) is 0 Å². The molecule has 2 heterocycles. The summed E-state index contributed by atoms with van der Waals surface area (Å²) < 4.78 is 40.0. The van der Waals surface area contributed by atoms with Gasteiger partial charge in [-0.1, -0.05) is 18.2 Å². The second-order valence-corrected chi connectivity index (χ2v) is 7.66. The number of nitrogens with zero attached hydrogens (tertiary/aromatic N) is 2. The van der Waals surface area contributed by atoms with E-state index in [1.807, 2.05) is 0 Å². The van der Waals surface area contributed by atoms with Crippen molar-refractivity contribution in [2.24, 2.45) is 5.92 Å². The molecule has 1 spiro atoms. The van der Waals surface area contributed by atoms with Crippen LogP contribution in [0.4, 0.5) is 8.78 Å². The molecule has 1 aromatic rings. The second kappa shape index (κ2) is 10.3. The molecule has 2 fully saturated rings. The number of piperidine rings is 1. The molecular formula is C21H28F2N2O6. The molecule has 2 saturated heterocycles. The number of carbonyl (C=O) groups is 2. The van der Waals surface area contributed by atoms with E-state index in [1.165, 1.54) is 25.3 Å². The van der Waals surface area contributed by atoms with Crippen LogP contribution in [0.25, 0.3) is 0 Å². The number of hydroxylamine groups is 2. The van der Waals surface area contributed by atoms with Gasteiger partial charge in [-0.25, -0.2) is 5.06 Å². The number of benzene rings is 1. The van der Waals surface area contributed by atoms with E-state index in [1.54, 1.807) is 18.2 Å². The first-order chi connectivity index (χ1) is 14.9. The number of amides is 1. The van der Waals surface area contributed by atoms with Crippen LogP contribution < -0.4 is 4.74 Å². The van der Waals surface area contributed by atoms with E-state index in [0.717, 1.165) is 0 Å². The Morgan fingerprint density at radius 1 is 1.19 bits per heavy atom. The Labute approximate surface area is 179 Å². The molecule has 172 valence electrons. The molecule has 1 unspecified atom stereocenters. The van der Waals surface area contributed by atoms with Crippen molar-refractivity contribution in [3.63, 3.8) is 0 Å². The standard InChI is InChI=1S/C21H28F2N2O6/c1-28-11-12-30-25-18(26)13-16(19(27)29-2)21(25)7-9-24(10-8-21)14-15-5-3-4-6-17(15)31-20(22)23/h3-6,16,20H,7-14H2,1-2H3. The van der Waals surface area contributed by atoms with E-state index in [2.05, 4.69) is 9.64 Å². The van der Waals surface area contributed by atoms with E-state index in [9.17, 15) is 18.4 Å². The van der Waals surface area contributed by atoms with Gasteiger partial charge in [0.15, 0.2) is 0 Å². The second-order valence-electron chi connectivity index (χ2n) is 7.66. The average molecular weight is 442 g/mol. The first-order valence-corrected chi connectivity index (χ1v) is 10.2. The lowest BCUT2D eigenvalue weighted by Gasteiger charge is -2.45. The van der Waals surface area contributed by atoms with Crippen molar-refractivity contribution in [1.82, 2.24) is 9.96 Å². The zero-order chi connectivity index (χ0) is 22.4. The summed E-state index contributed by atoms with van der Waals surface area (Å²) >= 11 is 0. The number of carbonyl (C=O) groups excluding carboxylic acids is 2. The third-order valence-corrected chi connectivity index (χ3v) is 5.96. The normalized spacial score (nSPS) is 21.1. The van der Waals surface area contributed by atoms with Gasteiger partial charge in [-0.05, 0) is 18.9 Å². The first-order valence-electron chi connectivity index (χ1n) is 10.2. The summed E-state index contributed by atoms with van der Waals surface area (Å²) in [6.45, 7) is -0.869. The fourth-order valence-electron chi connectivity index (χ4n) is 4.43. The molecule has 1 amide bonds. The summed E-state index contributed by atoms with van der Waals surface area (Å²) in [5.74, 6) is -1.17. The predicted molar refractivity (Wildman–Crippen MR) is 105 cm³/mol. The molecule has 2 aliphatic rings. The van der Waals surface area contributed by atoms with Crippen LogP contribution in [-0.4, -0.2) is 74.5 Å². The largest absolute Gasteiger partial charge is 0.469 e. The molecular weight excluding hydrogens is 414 g/mol. The van der Waals surface area contributed by atoms with Crippen LogP contribution in [0.5, 0.6) is 5.75 Å². The highest BCUT2D eigenvalue weighted by Gasteiger charge is 2.58. The smallest absolute Gasteiger partial charge is 0.387 e. The number of methoxy groups -OCH3 is 2. The highest BCUT2D eigenvalue weighted by atomic mass is 19.3. The molecule has 31 heavy (non-hydrogen) atoms. The van der Waals surface area contributed by atoms with Crippen molar-refractivity contribution < 1.29 is 37.4 Å². The topological polar surface area (TPSA) is 77.5 Å². The number of para-hydroxylation sites is 1. The van der Waals surface area contributed by atoms with Gasteiger partial charge in [0.1, 0.15) is 5.75 Å². The zero-order valence-electron chi connectivity index (χ0n) is 17.7. The van der Waals surface area contributed by atoms with E-state index >= 15 is 0 Å². The Hall–Kier alpha value is -2.30. The third kappa shape index (κ3) is 5.13. The van der Waals surface area contributed by atoms with Crippen molar-refractivity contribution >= 4 is 11.9 Å². The molecule has 1 atom stereocenters. The molecule has 1 aromatic carbocycles. The lowest BCUT2D eigenvalue weighted by Crippen LogP contribution is -2.57. The maximum absolute atomic E-state index is 12.7. The van der Waals surface area contributed by atoms with Gasteiger partial charge in [-0.2, -0.15) is 8.78 Å². The Morgan fingerprint density at radius 2 is 1.90 bits per heavy atom. The van der Waals surface area contributed by atoms with E-state index in [0.29, 0.717) is 44.6 Å². The molecule has 0 N–H and O–H groups in total. The Bertz CT molecular complexity index is 770. The number of likely N-dealkylation sites (tertiary alicyclic amines) is 1. The van der Waals surface area contributed by atoms with Gasteiger partial charge in [0.05, 0.1) is 31.8 Å². The van der Waals surface area contributed by atoms with Crippen molar-refractivity contribution in [1.29, 1.82) is 0 Å². The van der Waals surface area contributed by atoms with Gasteiger partial charge in [-0.15, -0.1) is 0 Å². The molecule has 0 aliphatic carbocycles. The summed E-state index contributed by atoms with van der Waals surface area (Å²) in [4.78, 5) is 32.9. The van der Waals surface area contributed by atoms with Crippen LogP contribution in [0.1, 0.15) is 24.8 Å². The number of alkyl halides is 2. The van der Waals surface area contributed by atoms with Crippen molar-refractivity contribution in [3.8, 4) is 5.75 Å². The van der Waals surface area contributed by atoms with E-state index < -0.39 is 24.0 Å². The van der Waals surface area contributed by atoms with E-state index in [4.69, 9.17) is 14.3 Å². The minimum absolute atomic E-state index is 0.0325. The Balaban J connectivity index is 1.73. The molecule has 8 nitrogen and oxygen atoms in total. The number of ether oxygens (including phenoxy) is 3. The van der Waals surface area contributed by atoms with Gasteiger partial charge >= 0.3 is 12.6 Å². The van der Waals surface area contributed by atoms with Gasteiger partial charge in [0, 0.05) is 38.7 Å². The first kappa shape index (κ1) is 23.4. The highest BCUT2D eigenvalue weighted by Crippen LogP contribution is 2.44. The van der Waals surface area contributed by atoms with Crippen LogP contribution >= 0.6 is 0 Å². The van der Waals surface area contributed by atoms with E-state index in [-0.39, 0.29) is 24.7 Å². The lowest BCUT2D eigenvalue weighted by atomic mass is 9.77. The Kier molecular flexibility index (Phi) is 7.79. The quantitative estimate of drug-likeness (QED) is 0.429. The number of rotatable bonds is 9. The maximum Gasteiger partial charge on any atom is 0.387 e. The summed E-state index contributed by atoms with van der Waals surface area (Å²) in [7, 11) is 2.85. The van der Waals surface area contributed by atoms with Crippen molar-refractivity contribution in [3.05, 3.63) is 29.8 Å². The zero-order valence-corrected chi connectivity index (χ0v) is 17.7. The van der Waals surface area contributed by atoms with Crippen LogP contribution in [0.15, 0.2) is 24.3 Å². The SMILES string of the molecule is COCCON1C(=O)CC(C(=O)OC)C12CCN(Cc1ccccc1OC(F)F)CC2. The molecule has 0 bridgehead atoms. The molecule has 0 radical (unpaired) electrons. The summed E-state index contributed by atoms with van der Waals surface area (Å²) in [5, 5.41) is 1.35. The van der Waals surface area contributed by atoms with Gasteiger partial charge in [-0.3, -0.25) is 19.3 Å². The van der Waals surface area contributed by atoms with Crippen molar-refractivity contribution in [2.75, 3.05) is 40.5 Å². The fraction of sp³-hybridized carbons (Fsp3) is 0.619. The summed E-state index contributed by atoms with van der Waals surface area (Å²) in [6.07, 6.45) is 1.01. The lowest BCUT2D eigenvalue weighted by molar-refractivity contribution is -0.227. The maximum atomic E-state index is 12.7. The molecule has 0 saturated carbocycles. The number of hydrogen-bond acceptors (Lipinski definition) is 7. The van der Waals surface area contributed by atoms with Crippen LogP contribution in [0.2, 0.25) is 0 Å². The van der Waals surface area contributed by atoms with Crippen LogP contribution in [0, 0.1) is 5.92 Å². The van der Waals surface area contributed by atoms with Gasteiger partial charge in [0.25, 0.3) is 0 Å². The molecule has 2 aliphatic heterocycles. The third-order valence-electron chi connectivity index (χ3n) is 5.96. The number of esters is 1. The molecule has 0 aromatic heterocycles. The molecule has 3 rings (SSSR count). The van der Waals surface area contributed by atoms with Crippen molar-refractivity contribution in [2.45, 2.75) is 38.0 Å². The molecule has 10 heteroatoms. The number of hydrogen-bond donors (Lipinski definition) is 0. The Morgan fingerprint density at radius 3 is 2.55 bits per heavy atom. The van der Waals surface area contributed by atoms with Gasteiger partial charge in [0.2, 0.25) is 5.91 Å². The minimum atomic E-state index is -2.89. The minimum Gasteiger partial charge on any atom is -0.469 e. The predicted octanol–water partition coefficient (Wildman–Crippen LogP) is 2.22. The highest BCUT2D eigenvalue weighted by molar-refractivity contribution is 5.88. The van der Waals surface area contributed by atoms with Crippen LogP contribution in [-0.2, 0) is 30.4 Å². The number of halogens is 2. The fourth-order valence-corrected chi connectivity index (χ4v) is 4.43. The van der Waals surface area contributed by atoms with Gasteiger partial charge < -0.3 is 14.2 Å². The average Bonchev–Trinajstić information content (AvgIpc) is 3.02. The summed E-state index contributed by atoms with van der Waals surface area (Å²) in [5.41, 5.74) is -0.146. The monoisotopic (exact) mass is 442 g/mol.